The number of piperazine rings is 1. The Morgan fingerprint density at radius 2 is 1.83 bits per heavy atom. The van der Waals surface area contributed by atoms with E-state index in [4.69, 9.17) is 32.8 Å². The molecule has 3 aliphatic rings. The average Bonchev–Trinajstić information content (AvgIpc) is 3.58. The highest BCUT2D eigenvalue weighted by Crippen LogP contribution is 2.41. The summed E-state index contributed by atoms with van der Waals surface area (Å²) in [7, 11) is 3.78. The monoisotopic (exact) mass is 684 g/mol. The largest absolute Gasteiger partial charge is 0.494 e. The van der Waals surface area contributed by atoms with Crippen LogP contribution in [0, 0.1) is 5.82 Å². The van der Waals surface area contributed by atoms with E-state index in [0.29, 0.717) is 53.4 Å². The summed E-state index contributed by atoms with van der Waals surface area (Å²) in [5, 5.41) is 7.86. The van der Waals surface area contributed by atoms with Crippen LogP contribution >= 0.6 is 23.2 Å². The number of carbonyl (C=O) groups is 1. The van der Waals surface area contributed by atoms with Crippen molar-refractivity contribution in [3.05, 3.63) is 70.7 Å². The molecule has 1 amide bonds. The third kappa shape index (κ3) is 7.26. The molecule has 3 aliphatic heterocycles. The molecule has 4 heterocycles. The van der Waals surface area contributed by atoms with E-state index in [2.05, 4.69) is 48.9 Å². The van der Waals surface area contributed by atoms with E-state index in [1.165, 1.54) is 12.4 Å². The van der Waals surface area contributed by atoms with Gasteiger partial charge in [-0.3, -0.25) is 14.5 Å². The van der Waals surface area contributed by atoms with Crippen LogP contribution in [-0.4, -0.2) is 91.7 Å². The first-order chi connectivity index (χ1) is 22.7. The van der Waals surface area contributed by atoms with Crippen LogP contribution in [0.1, 0.15) is 30.9 Å². The van der Waals surface area contributed by atoms with Gasteiger partial charge in [-0.05, 0) is 38.1 Å². The summed E-state index contributed by atoms with van der Waals surface area (Å²) in [6.45, 7) is 10.1. The maximum atomic E-state index is 15.1. The fourth-order valence-corrected chi connectivity index (χ4v) is 6.81. The van der Waals surface area contributed by atoms with Crippen molar-refractivity contribution >= 4 is 57.8 Å². The first-order valence-corrected chi connectivity index (χ1v) is 16.5. The fraction of sp³-hybridized carbons (Fsp3) is 0.424. The lowest BCUT2D eigenvalue weighted by Gasteiger charge is -2.43. The van der Waals surface area contributed by atoms with Crippen molar-refractivity contribution in [3.63, 3.8) is 0 Å². The molecule has 2 aromatic carbocycles. The number of nitrogens with one attached hydrogen (secondary N) is 2. The van der Waals surface area contributed by atoms with Crippen LogP contribution in [0.5, 0.6) is 5.75 Å². The minimum Gasteiger partial charge on any atom is -0.494 e. The minimum atomic E-state index is -0.588. The highest BCUT2D eigenvalue weighted by molar-refractivity contribution is 6.42. The van der Waals surface area contributed by atoms with Crippen LogP contribution in [-0.2, 0) is 9.63 Å². The summed E-state index contributed by atoms with van der Waals surface area (Å²) in [4.78, 5) is 34.5. The van der Waals surface area contributed by atoms with Gasteiger partial charge in [0.15, 0.2) is 5.82 Å². The van der Waals surface area contributed by atoms with E-state index in [9.17, 15) is 4.79 Å². The SMILES string of the molecule is C=CC(=O)Nc1cc(Nc2cc(N3OCC[C@@H]3c3ccc(Cl)c(Cl)c3F)ncn2)c(OC)cc1N1CCC(N2CCN(C)CC2)CC1. The smallest absolute Gasteiger partial charge is 0.247 e. The van der Waals surface area contributed by atoms with Gasteiger partial charge in [-0.25, -0.2) is 19.4 Å². The minimum absolute atomic E-state index is 0.129. The number of hydrogen-bond acceptors (Lipinski definition) is 10. The van der Waals surface area contributed by atoms with Crippen molar-refractivity contribution in [1.82, 2.24) is 19.8 Å². The fourth-order valence-electron chi connectivity index (χ4n) is 6.49. The Morgan fingerprint density at radius 1 is 1.06 bits per heavy atom. The quantitative estimate of drug-likeness (QED) is 0.210. The molecular formula is C33H39Cl2FN8O3. The number of hydroxylamine groups is 1. The summed E-state index contributed by atoms with van der Waals surface area (Å²) < 4.78 is 20.9. The first-order valence-electron chi connectivity index (χ1n) is 15.7. The zero-order valence-corrected chi connectivity index (χ0v) is 28.0. The number of ether oxygens (including phenoxy) is 1. The number of rotatable bonds is 9. The number of likely N-dealkylation sites (N-methyl/N-ethyl adjacent to an activating group) is 1. The predicted molar refractivity (Wildman–Crippen MR) is 184 cm³/mol. The molecule has 0 spiro atoms. The van der Waals surface area contributed by atoms with E-state index >= 15 is 4.39 Å². The van der Waals surface area contributed by atoms with Crippen LogP contribution in [0.25, 0.3) is 0 Å². The van der Waals surface area contributed by atoms with Crippen LogP contribution in [0.2, 0.25) is 10.0 Å². The van der Waals surface area contributed by atoms with Crippen LogP contribution < -0.4 is 25.3 Å². The molecule has 1 atom stereocenters. The van der Waals surface area contributed by atoms with Crippen molar-refractivity contribution < 1.29 is 18.8 Å². The van der Waals surface area contributed by atoms with Gasteiger partial charge in [-0.1, -0.05) is 35.8 Å². The van der Waals surface area contributed by atoms with Gasteiger partial charge in [0.1, 0.15) is 23.7 Å². The Balaban J connectivity index is 1.23. The Bertz CT molecular complexity index is 1610. The summed E-state index contributed by atoms with van der Waals surface area (Å²) >= 11 is 12.1. The molecule has 11 nitrogen and oxygen atoms in total. The molecule has 3 saturated heterocycles. The molecule has 14 heteroatoms. The average molecular weight is 686 g/mol. The summed E-state index contributed by atoms with van der Waals surface area (Å²) in [6.07, 6.45) is 5.25. The number of benzene rings is 2. The molecule has 6 rings (SSSR count). The van der Waals surface area contributed by atoms with Crippen molar-refractivity contribution in [1.29, 1.82) is 0 Å². The molecule has 1 aromatic heterocycles. The van der Waals surface area contributed by atoms with E-state index in [1.54, 1.807) is 30.4 Å². The van der Waals surface area contributed by atoms with Crippen LogP contribution in [0.3, 0.4) is 0 Å². The van der Waals surface area contributed by atoms with E-state index in [-0.39, 0.29) is 16.0 Å². The van der Waals surface area contributed by atoms with Crippen molar-refractivity contribution in [3.8, 4) is 5.75 Å². The number of carbonyl (C=O) groups excluding carboxylic acids is 1. The van der Waals surface area contributed by atoms with Gasteiger partial charge in [0, 0.05) is 69.4 Å². The zero-order chi connectivity index (χ0) is 33.1. The zero-order valence-electron chi connectivity index (χ0n) is 26.5. The molecule has 47 heavy (non-hydrogen) atoms. The number of halogens is 3. The Morgan fingerprint density at radius 3 is 2.55 bits per heavy atom. The molecular weight excluding hydrogens is 646 g/mol. The number of amides is 1. The second-order valence-corrected chi connectivity index (χ2v) is 12.7. The van der Waals surface area contributed by atoms with Gasteiger partial charge >= 0.3 is 0 Å². The summed E-state index contributed by atoms with van der Waals surface area (Å²) in [6, 6.07) is 8.73. The molecule has 0 radical (unpaired) electrons. The van der Waals surface area contributed by atoms with Gasteiger partial charge < -0.3 is 25.2 Å². The second kappa shape index (κ2) is 14.6. The Hall–Kier alpha value is -3.68. The van der Waals surface area contributed by atoms with Crippen LogP contribution in [0.15, 0.2) is 49.3 Å². The van der Waals surface area contributed by atoms with Crippen molar-refractivity contribution in [2.75, 3.05) is 80.6 Å². The number of anilines is 5. The lowest BCUT2D eigenvalue weighted by Crippen LogP contribution is -2.52. The standard InChI is InChI=1S/C33H39Cl2FN8O3/c1-4-31(45)40-24-17-25(28(46-3)18-27(24)43-10-7-21(8-11-43)42-14-12-41(2)13-15-42)39-29-19-30(38-20-37-29)44-26(9-16-47-44)22-5-6-23(34)32(35)33(22)36/h4-6,17-21,26H,1,7-16H2,2-3H3,(H,40,45)(H,37,38,39)/t26-/m1/s1. The number of methoxy groups -OCH3 is 1. The second-order valence-electron chi connectivity index (χ2n) is 11.9. The maximum Gasteiger partial charge on any atom is 0.247 e. The number of nitrogens with zero attached hydrogens (tertiary/aromatic N) is 6. The van der Waals surface area contributed by atoms with E-state index in [1.807, 2.05) is 12.1 Å². The number of piperidine rings is 1. The lowest BCUT2D eigenvalue weighted by atomic mass is 10.0. The van der Waals surface area contributed by atoms with Crippen molar-refractivity contribution in [2.45, 2.75) is 31.3 Å². The molecule has 0 bridgehead atoms. The summed E-state index contributed by atoms with van der Waals surface area (Å²) in [5.41, 5.74) is 2.45. The van der Waals surface area contributed by atoms with Gasteiger partial charge in [0.05, 0.1) is 46.9 Å². The third-order valence-electron chi connectivity index (χ3n) is 9.09. The normalized spacial score (nSPS) is 19.6. The van der Waals surface area contributed by atoms with Gasteiger partial charge in [0.25, 0.3) is 0 Å². The highest BCUT2D eigenvalue weighted by atomic mass is 35.5. The molecule has 250 valence electrons. The molecule has 0 saturated carbocycles. The van der Waals surface area contributed by atoms with E-state index in [0.717, 1.165) is 57.8 Å². The third-order valence-corrected chi connectivity index (χ3v) is 9.87. The Labute approximate surface area is 284 Å². The molecule has 2 N–H and O–H groups in total. The topological polar surface area (TPSA) is 98.3 Å². The molecule has 0 aliphatic carbocycles. The van der Waals surface area contributed by atoms with Gasteiger partial charge in [-0.2, -0.15) is 0 Å². The first kappa shape index (κ1) is 33.2. The lowest BCUT2D eigenvalue weighted by molar-refractivity contribution is -0.111. The van der Waals surface area contributed by atoms with Gasteiger partial charge in [0.2, 0.25) is 5.91 Å². The molecule has 3 aromatic rings. The Kier molecular flexibility index (Phi) is 10.3. The number of hydrogen-bond donors (Lipinski definition) is 2. The van der Waals surface area contributed by atoms with E-state index < -0.39 is 11.9 Å². The van der Waals surface area contributed by atoms with Crippen LogP contribution in [0.4, 0.5) is 33.1 Å². The highest BCUT2D eigenvalue weighted by Gasteiger charge is 2.33. The van der Waals surface area contributed by atoms with Crippen molar-refractivity contribution in [2.24, 2.45) is 0 Å². The molecule has 0 unspecified atom stereocenters. The maximum absolute atomic E-state index is 15.1. The number of aromatic nitrogens is 2. The summed E-state index contributed by atoms with van der Waals surface area (Å²) in [5.74, 6) is 0.541. The van der Waals surface area contributed by atoms with Gasteiger partial charge in [-0.15, -0.1) is 0 Å². The predicted octanol–water partition coefficient (Wildman–Crippen LogP) is 5.90. The molecule has 3 fully saturated rings.